The molecule has 22 heavy (non-hydrogen) atoms. The van der Waals surface area contributed by atoms with Crippen LogP contribution in [0.5, 0.6) is 5.75 Å². The number of methoxy groups -OCH3 is 1. The van der Waals surface area contributed by atoms with Gasteiger partial charge in [-0.2, -0.15) is 0 Å². The molecule has 0 fully saturated rings. The van der Waals surface area contributed by atoms with Gasteiger partial charge in [0.25, 0.3) is 0 Å². The lowest BCUT2D eigenvalue weighted by Crippen LogP contribution is -1.99. The number of imidazole rings is 1. The van der Waals surface area contributed by atoms with Gasteiger partial charge < -0.3 is 4.74 Å². The van der Waals surface area contributed by atoms with Crippen LogP contribution in [0.2, 0.25) is 0 Å². The highest BCUT2D eigenvalue weighted by Gasteiger charge is 2.12. The number of fused-ring (bicyclic) bond motifs is 1. The molecular weight excluding hydrogens is 274 g/mol. The predicted molar refractivity (Wildman–Crippen MR) is 89.3 cm³/mol. The normalized spacial score (nSPS) is 11.6. The molecule has 4 nitrogen and oxygen atoms in total. The van der Waals surface area contributed by atoms with Crippen LogP contribution in [0.15, 0.2) is 48.7 Å². The second-order valence-corrected chi connectivity index (χ2v) is 5.45. The maximum atomic E-state index is 5.29. The minimum Gasteiger partial charge on any atom is -0.497 e. The van der Waals surface area contributed by atoms with Crippen molar-refractivity contribution in [2.45, 2.75) is 13.8 Å². The second kappa shape index (κ2) is 6.02. The lowest BCUT2D eigenvalue weighted by Gasteiger charge is -2.06. The van der Waals surface area contributed by atoms with E-state index in [9.17, 15) is 0 Å². The van der Waals surface area contributed by atoms with Crippen molar-refractivity contribution in [3.8, 4) is 11.6 Å². The van der Waals surface area contributed by atoms with Crippen LogP contribution in [0.25, 0.3) is 22.9 Å². The molecule has 0 radical (unpaired) electrons. The lowest BCUT2D eigenvalue weighted by atomic mass is 10.2. The third kappa shape index (κ3) is 2.72. The molecule has 0 atom stereocenters. The minimum absolute atomic E-state index is 0.464. The van der Waals surface area contributed by atoms with Crippen LogP contribution in [-0.2, 0) is 0 Å². The summed E-state index contributed by atoms with van der Waals surface area (Å²) in [6.45, 7) is 4.29. The number of aromatic nitrogens is 3. The molecule has 0 unspecified atom stereocenters. The van der Waals surface area contributed by atoms with E-state index in [1.54, 1.807) is 13.3 Å². The Morgan fingerprint density at radius 3 is 2.73 bits per heavy atom. The maximum Gasteiger partial charge on any atom is 0.139 e. The molecule has 0 saturated heterocycles. The number of rotatable bonds is 4. The zero-order valence-corrected chi connectivity index (χ0v) is 13.0. The molecule has 0 amide bonds. The van der Waals surface area contributed by atoms with Gasteiger partial charge in [-0.15, -0.1) is 0 Å². The summed E-state index contributed by atoms with van der Waals surface area (Å²) >= 11 is 0. The summed E-state index contributed by atoms with van der Waals surface area (Å²) in [6, 6.07) is 11.8. The quantitative estimate of drug-likeness (QED) is 0.727. The first-order valence-electron chi connectivity index (χ1n) is 7.35. The van der Waals surface area contributed by atoms with E-state index in [-0.39, 0.29) is 0 Å². The molecule has 2 heterocycles. The van der Waals surface area contributed by atoms with Crippen LogP contribution < -0.4 is 4.74 Å². The molecule has 0 aliphatic rings. The Morgan fingerprint density at radius 2 is 2.05 bits per heavy atom. The smallest absolute Gasteiger partial charge is 0.139 e. The van der Waals surface area contributed by atoms with Gasteiger partial charge in [-0.3, -0.25) is 4.57 Å². The lowest BCUT2D eigenvalue weighted by molar-refractivity contribution is 0.415. The molecule has 0 spiro atoms. The number of pyridine rings is 1. The summed E-state index contributed by atoms with van der Waals surface area (Å²) in [6.07, 6.45) is 5.98. The first-order valence-corrected chi connectivity index (χ1v) is 7.35. The number of allylic oxidation sites excluding steroid dienone is 1. The van der Waals surface area contributed by atoms with Crippen molar-refractivity contribution in [1.82, 2.24) is 14.5 Å². The van der Waals surface area contributed by atoms with E-state index in [0.717, 1.165) is 28.4 Å². The SMILES string of the molecule is COc1ccc2c(c1)nc(C=CC(C)C)n2-c1ccccn1. The minimum atomic E-state index is 0.464. The third-order valence-corrected chi connectivity index (χ3v) is 3.40. The van der Waals surface area contributed by atoms with Gasteiger partial charge in [-0.25, -0.2) is 9.97 Å². The van der Waals surface area contributed by atoms with Crippen LogP contribution >= 0.6 is 0 Å². The zero-order valence-electron chi connectivity index (χ0n) is 13.0. The molecule has 112 valence electrons. The summed E-state index contributed by atoms with van der Waals surface area (Å²) < 4.78 is 7.36. The van der Waals surface area contributed by atoms with Crippen LogP contribution in [0, 0.1) is 5.92 Å². The van der Waals surface area contributed by atoms with E-state index >= 15 is 0 Å². The molecule has 0 bridgehead atoms. The number of benzene rings is 1. The highest BCUT2D eigenvalue weighted by atomic mass is 16.5. The Kier molecular flexibility index (Phi) is 3.92. The van der Waals surface area contributed by atoms with Crippen molar-refractivity contribution in [3.63, 3.8) is 0 Å². The van der Waals surface area contributed by atoms with Crippen molar-refractivity contribution in [3.05, 3.63) is 54.5 Å². The molecule has 0 aliphatic heterocycles. The summed E-state index contributed by atoms with van der Waals surface area (Å²) in [5, 5.41) is 0. The number of hydrogen-bond acceptors (Lipinski definition) is 3. The third-order valence-electron chi connectivity index (χ3n) is 3.40. The molecule has 1 aromatic carbocycles. The maximum absolute atomic E-state index is 5.29. The van der Waals surface area contributed by atoms with Gasteiger partial charge in [-0.1, -0.05) is 26.0 Å². The molecule has 0 saturated carbocycles. The Balaban J connectivity index is 2.23. The average molecular weight is 293 g/mol. The van der Waals surface area contributed by atoms with Crippen molar-refractivity contribution in [2.75, 3.05) is 7.11 Å². The van der Waals surface area contributed by atoms with Crippen molar-refractivity contribution in [1.29, 1.82) is 0 Å². The summed E-state index contributed by atoms with van der Waals surface area (Å²) in [4.78, 5) is 9.19. The van der Waals surface area contributed by atoms with E-state index in [1.165, 1.54) is 0 Å². The number of nitrogens with zero attached hydrogens (tertiary/aromatic N) is 3. The predicted octanol–water partition coefficient (Wildman–Crippen LogP) is 4.10. The number of hydrogen-bond donors (Lipinski definition) is 0. The summed E-state index contributed by atoms with van der Waals surface area (Å²) in [5.41, 5.74) is 1.91. The Bertz CT molecular complexity index is 804. The first kappa shape index (κ1) is 14.3. The highest BCUT2D eigenvalue weighted by molar-refractivity contribution is 5.81. The van der Waals surface area contributed by atoms with E-state index in [1.807, 2.05) is 42.5 Å². The van der Waals surface area contributed by atoms with Gasteiger partial charge in [0.15, 0.2) is 0 Å². The fourth-order valence-corrected chi connectivity index (χ4v) is 2.32. The van der Waals surface area contributed by atoms with Crippen molar-refractivity contribution in [2.24, 2.45) is 5.92 Å². The molecule has 3 aromatic rings. The van der Waals surface area contributed by atoms with Gasteiger partial charge in [0.05, 0.1) is 18.1 Å². The molecule has 4 heteroatoms. The van der Waals surface area contributed by atoms with E-state index in [0.29, 0.717) is 5.92 Å². The topological polar surface area (TPSA) is 39.9 Å². The van der Waals surface area contributed by atoms with Crippen LogP contribution in [0.3, 0.4) is 0 Å². The van der Waals surface area contributed by atoms with E-state index in [2.05, 4.69) is 29.5 Å². The largest absolute Gasteiger partial charge is 0.497 e. The Morgan fingerprint density at radius 1 is 1.18 bits per heavy atom. The molecule has 0 N–H and O–H groups in total. The average Bonchev–Trinajstić information content (AvgIpc) is 2.91. The fourth-order valence-electron chi connectivity index (χ4n) is 2.32. The van der Waals surface area contributed by atoms with Crippen LogP contribution in [0.1, 0.15) is 19.7 Å². The second-order valence-electron chi connectivity index (χ2n) is 5.45. The van der Waals surface area contributed by atoms with Crippen LogP contribution in [0.4, 0.5) is 0 Å². The van der Waals surface area contributed by atoms with Crippen molar-refractivity contribution < 1.29 is 4.74 Å². The van der Waals surface area contributed by atoms with Crippen molar-refractivity contribution >= 4 is 17.1 Å². The summed E-state index contributed by atoms with van der Waals surface area (Å²) in [7, 11) is 1.66. The summed E-state index contributed by atoms with van der Waals surface area (Å²) in [5.74, 6) is 3.00. The van der Waals surface area contributed by atoms with Crippen LogP contribution in [-0.4, -0.2) is 21.6 Å². The van der Waals surface area contributed by atoms with Gasteiger partial charge in [0, 0.05) is 12.3 Å². The van der Waals surface area contributed by atoms with Gasteiger partial charge >= 0.3 is 0 Å². The van der Waals surface area contributed by atoms with Gasteiger partial charge in [0.1, 0.15) is 17.4 Å². The Labute approximate surface area is 130 Å². The molecule has 2 aromatic heterocycles. The molecular formula is C18H19N3O. The first-order chi connectivity index (χ1) is 10.7. The van der Waals surface area contributed by atoms with Gasteiger partial charge in [0.2, 0.25) is 0 Å². The Hall–Kier alpha value is -2.62. The van der Waals surface area contributed by atoms with E-state index in [4.69, 9.17) is 9.72 Å². The monoisotopic (exact) mass is 293 g/mol. The fraction of sp³-hybridized carbons (Fsp3) is 0.222. The standard InChI is InChI=1S/C18H19N3O/c1-13(2)7-10-18-20-15-12-14(22-3)8-9-16(15)21(18)17-6-4-5-11-19-17/h4-13H,1-3H3. The zero-order chi connectivity index (χ0) is 15.5. The molecule has 3 rings (SSSR count). The highest BCUT2D eigenvalue weighted by Crippen LogP contribution is 2.25. The molecule has 0 aliphatic carbocycles. The van der Waals surface area contributed by atoms with Gasteiger partial charge in [-0.05, 0) is 36.3 Å². The van der Waals surface area contributed by atoms with E-state index < -0.39 is 0 Å². The number of ether oxygens (including phenoxy) is 1.